The molecule has 5 nitrogen and oxygen atoms in total. The largest absolute Gasteiger partial charge is 0.462 e. The van der Waals surface area contributed by atoms with Gasteiger partial charge in [0.25, 0.3) is 0 Å². The number of ether oxygens (including phenoxy) is 1. The van der Waals surface area contributed by atoms with E-state index < -0.39 is 0 Å². The molecule has 0 aromatic rings. The monoisotopic (exact) mass is 597 g/mol. The zero-order chi connectivity index (χ0) is 29.7. The molecule has 5 rings (SSSR count). The van der Waals surface area contributed by atoms with Crippen molar-refractivity contribution in [1.82, 2.24) is 10.7 Å². The van der Waals surface area contributed by atoms with E-state index in [9.17, 15) is 4.79 Å². The standard InChI is InChI=1S/C36H59N3O2S/c1-5-6-7-8-9-11-14-26-17-18-30-33-31(20-22-35(26,30)3)36(4)21-19-29(41-25(2)40)23-27(36)24-32(33)38-39-34(42)37-28-15-12-10-13-16-28/h24,26,28-31,33H,5-23H2,1-4H3,(H2,37,39,42)/b38-32+. The lowest BCUT2D eigenvalue weighted by Crippen LogP contribution is -2.54. The van der Waals surface area contributed by atoms with Gasteiger partial charge in [-0.1, -0.05) is 84.1 Å². The van der Waals surface area contributed by atoms with Crippen molar-refractivity contribution >= 4 is 29.0 Å². The Kier molecular flexibility index (Phi) is 10.7. The number of hydrazone groups is 1. The number of thiocarbonyl (C=S) groups is 1. The van der Waals surface area contributed by atoms with Crippen molar-refractivity contribution < 1.29 is 9.53 Å². The van der Waals surface area contributed by atoms with E-state index in [1.165, 1.54) is 114 Å². The van der Waals surface area contributed by atoms with Crippen LogP contribution in [0.5, 0.6) is 0 Å². The third kappa shape index (κ3) is 6.94. The molecule has 0 aliphatic heterocycles. The molecule has 6 heteroatoms. The van der Waals surface area contributed by atoms with Crippen LogP contribution < -0.4 is 10.7 Å². The van der Waals surface area contributed by atoms with E-state index in [1.54, 1.807) is 6.92 Å². The average molecular weight is 598 g/mol. The van der Waals surface area contributed by atoms with Gasteiger partial charge in [0, 0.05) is 25.3 Å². The van der Waals surface area contributed by atoms with E-state index in [2.05, 4.69) is 37.6 Å². The molecule has 0 radical (unpaired) electrons. The van der Waals surface area contributed by atoms with Crippen LogP contribution in [0.15, 0.2) is 16.8 Å². The fraction of sp³-hybridized carbons (Fsp3) is 0.861. The number of hydrogen-bond acceptors (Lipinski definition) is 4. The Balaban J connectivity index is 1.35. The molecule has 236 valence electrons. The van der Waals surface area contributed by atoms with Gasteiger partial charge in [-0.2, -0.15) is 5.10 Å². The number of nitrogens with one attached hydrogen (secondary N) is 2. The average Bonchev–Trinajstić information content (AvgIpc) is 3.30. The molecule has 0 heterocycles. The minimum Gasteiger partial charge on any atom is -0.462 e. The van der Waals surface area contributed by atoms with Gasteiger partial charge in [0.1, 0.15) is 6.10 Å². The Morgan fingerprint density at radius 2 is 1.74 bits per heavy atom. The first-order chi connectivity index (χ1) is 20.2. The molecule has 0 aromatic carbocycles. The summed E-state index contributed by atoms with van der Waals surface area (Å²) in [6.45, 7) is 9.01. The Bertz CT molecular complexity index is 1020. The molecule has 4 saturated carbocycles. The first kappa shape index (κ1) is 32.0. The summed E-state index contributed by atoms with van der Waals surface area (Å²) in [5.74, 6) is 2.44. The summed E-state index contributed by atoms with van der Waals surface area (Å²) in [5, 5.41) is 9.37. The van der Waals surface area contributed by atoms with Crippen molar-refractivity contribution in [2.24, 2.45) is 39.6 Å². The number of fused-ring (bicyclic) bond motifs is 5. The Morgan fingerprint density at radius 1 is 0.976 bits per heavy atom. The summed E-state index contributed by atoms with van der Waals surface area (Å²) >= 11 is 5.77. The molecule has 4 fully saturated rings. The lowest BCUT2D eigenvalue weighted by atomic mass is 9.47. The highest BCUT2D eigenvalue weighted by Crippen LogP contribution is 2.66. The van der Waals surface area contributed by atoms with Crippen molar-refractivity contribution in [2.45, 2.75) is 162 Å². The fourth-order valence-corrected chi connectivity index (χ4v) is 10.4. The van der Waals surface area contributed by atoms with E-state index in [-0.39, 0.29) is 17.5 Å². The lowest BCUT2D eigenvalue weighted by Gasteiger charge is -2.58. The fourth-order valence-electron chi connectivity index (χ4n) is 10.2. The van der Waals surface area contributed by atoms with Gasteiger partial charge in [-0.25, -0.2) is 0 Å². The quantitative estimate of drug-likeness (QED) is 0.114. The topological polar surface area (TPSA) is 62.7 Å². The highest BCUT2D eigenvalue weighted by molar-refractivity contribution is 7.80. The van der Waals surface area contributed by atoms with E-state index in [0.717, 1.165) is 25.2 Å². The molecule has 0 aromatic heterocycles. The summed E-state index contributed by atoms with van der Waals surface area (Å²) in [6, 6.07) is 0.470. The Morgan fingerprint density at radius 3 is 2.50 bits per heavy atom. The molecule has 0 amide bonds. The van der Waals surface area contributed by atoms with E-state index in [0.29, 0.717) is 34.3 Å². The van der Waals surface area contributed by atoms with Gasteiger partial charge in [-0.15, -0.1) is 0 Å². The van der Waals surface area contributed by atoms with Crippen molar-refractivity contribution in [3.05, 3.63) is 11.6 Å². The van der Waals surface area contributed by atoms with E-state index in [1.807, 2.05) is 0 Å². The molecule has 42 heavy (non-hydrogen) atoms. The summed E-state index contributed by atoms with van der Waals surface area (Å²) in [6.07, 6.45) is 26.7. The Labute approximate surface area is 261 Å². The number of carbonyl (C=O) groups is 1. The van der Waals surface area contributed by atoms with Crippen molar-refractivity contribution in [3.63, 3.8) is 0 Å². The van der Waals surface area contributed by atoms with Crippen LogP contribution in [0.25, 0.3) is 0 Å². The maximum absolute atomic E-state index is 11.8. The van der Waals surface area contributed by atoms with Crippen LogP contribution in [0.1, 0.15) is 150 Å². The number of unbranched alkanes of at least 4 members (excludes halogenated alkanes) is 5. The number of rotatable bonds is 10. The molecule has 0 bridgehead atoms. The molecule has 7 unspecified atom stereocenters. The van der Waals surface area contributed by atoms with Crippen molar-refractivity contribution in [1.29, 1.82) is 0 Å². The van der Waals surface area contributed by atoms with Crippen LogP contribution in [0.4, 0.5) is 0 Å². The first-order valence-electron chi connectivity index (χ1n) is 17.8. The second kappa shape index (κ2) is 14.1. The minimum atomic E-state index is -0.164. The molecule has 2 N–H and O–H groups in total. The maximum atomic E-state index is 11.8. The van der Waals surface area contributed by atoms with Gasteiger partial charge in [-0.3, -0.25) is 10.2 Å². The SMILES string of the molecule is CCCCCCCCC1CCC2C3/C(=N/NC(=S)NC4CCCCC4)C=C4CC(OC(C)=O)CCC4(C)C3CCC12C. The van der Waals surface area contributed by atoms with Gasteiger partial charge < -0.3 is 10.1 Å². The number of esters is 1. The van der Waals surface area contributed by atoms with Crippen LogP contribution in [0.2, 0.25) is 0 Å². The molecular formula is C36H59N3O2S. The second-order valence-corrected chi connectivity index (χ2v) is 15.5. The van der Waals surface area contributed by atoms with Gasteiger partial charge in [-0.05, 0) is 105 Å². The van der Waals surface area contributed by atoms with E-state index >= 15 is 0 Å². The highest BCUT2D eigenvalue weighted by atomic mass is 32.1. The zero-order valence-electron chi connectivity index (χ0n) is 27.1. The third-order valence-corrected chi connectivity index (χ3v) is 12.8. The first-order valence-corrected chi connectivity index (χ1v) is 18.2. The third-order valence-electron chi connectivity index (χ3n) is 12.6. The minimum absolute atomic E-state index is 0.0105. The number of carbonyl (C=O) groups excluding carboxylic acids is 1. The predicted molar refractivity (Wildman–Crippen MR) is 177 cm³/mol. The molecule has 0 spiro atoms. The normalized spacial score (nSPS) is 37.3. The summed E-state index contributed by atoms with van der Waals surface area (Å²) < 4.78 is 5.74. The number of allylic oxidation sites excluding steroid dienone is 1. The van der Waals surface area contributed by atoms with Gasteiger partial charge >= 0.3 is 5.97 Å². The highest BCUT2D eigenvalue weighted by Gasteiger charge is 2.60. The van der Waals surface area contributed by atoms with Crippen LogP contribution in [-0.2, 0) is 9.53 Å². The van der Waals surface area contributed by atoms with E-state index in [4.69, 9.17) is 22.1 Å². The zero-order valence-corrected chi connectivity index (χ0v) is 28.0. The number of hydrogen-bond donors (Lipinski definition) is 2. The van der Waals surface area contributed by atoms with Crippen LogP contribution in [0, 0.1) is 34.5 Å². The lowest BCUT2D eigenvalue weighted by molar-refractivity contribution is -0.148. The van der Waals surface area contributed by atoms with Gasteiger partial charge in [0.05, 0.1) is 5.71 Å². The molecular weight excluding hydrogens is 538 g/mol. The summed E-state index contributed by atoms with van der Waals surface area (Å²) in [5.41, 5.74) is 6.55. The van der Waals surface area contributed by atoms with Crippen LogP contribution in [-0.4, -0.2) is 28.9 Å². The molecule has 7 atom stereocenters. The predicted octanol–water partition coefficient (Wildman–Crippen LogP) is 9.01. The van der Waals surface area contributed by atoms with Crippen LogP contribution in [0.3, 0.4) is 0 Å². The molecule has 0 saturated heterocycles. The van der Waals surface area contributed by atoms with Crippen molar-refractivity contribution in [2.75, 3.05) is 0 Å². The second-order valence-electron chi connectivity index (χ2n) is 15.1. The van der Waals surface area contributed by atoms with Crippen LogP contribution >= 0.6 is 12.2 Å². The summed E-state index contributed by atoms with van der Waals surface area (Å²) in [4.78, 5) is 11.8. The maximum Gasteiger partial charge on any atom is 0.302 e. The Hall–Kier alpha value is -1.43. The van der Waals surface area contributed by atoms with Gasteiger partial charge in [0.2, 0.25) is 0 Å². The molecule has 5 aliphatic rings. The molecule has 5 aliphatic carbocycles. The summed E-state index contributed by atoms with van der Waals surface area (Å²) in [7, 11) is 0. The van der Waals surface area contributed by atoms with Gasteiger partial charge in [0.15, 0.2) is 5.11 Å². The number of nitrogens with zero attached hydrogens (tertiary/aromatic N) is 1. The van der Waals surface area contributed by atoms with Crippen molar-refractivity contribution in [3.8, 4) is 0 Å². The smallest absolute Gasteiger partial charge is 0.302 e.